The molecular weight excluding hydrogens is 411 g/mol. The van der Waals surface area contributed by atoms with Gasteiger partial charge in [-0.1, -0.05) is 28.4 Å². The molecule has 5 nitrogen and oxygen atoms in total. The number of benzene rings is 2. The van der Waals surface area contributed by atoms with Crippen LogP contribution < -0.4 is 0 Å². The number of rotatable bonds is 5. The first-order valence-electron chi connectivity index (χ1n) is 9.31. The summed E-state index contributed by atoms with van der Waals surface area (Å²) in [5.74, 6) is 0.592. The molecule has 1 amide bonds. The van der Waals surface area contributed by atoms with Gasteiger partial charge in [-0.2, -0.15) is 0 Å². The molecule has 0 fully saturated rings. The van der Waals surface area contributed by atoms with Crippen molar-refractivity contribution in [1.29, 1.82) is 0 Å². The van der Waals surface area contributed by atoms with E-state index in [0.29, 0.717) is 35.1 Å². The van der Waals surface area contributed by atoms with Crippen LogP contribution in [0, 0.1) is 0 Å². The standard InChI is InChI=1S/C22H18Cl2N2O3/c23-16-5-1-14(2-6-16)20(27)9-10-21(28)26-12-11-18-19(13-26)25-29-22(18)15-3-7-17(24)8-4-15/h1-8H,9-13H2. The maximum Gasteiger partial charge on any atom is 0.223 e. The predicted octanol–water partition coefficient (Wildman–Crippen LogP) is 5.20. The number of Topliss-reactive ketones (excluding diaryl/α,β-unsaturated/α-hetero) is 1. The van der Waals surface area contributed by atoms with E-state index in [-0.39, 0.29) is 24.5 Å². The maximum atomic E-state index is 12.6. The molecule has 148 valence electrons. The minimum Gasteiger partial charge on any atom is -0.356 e. The molecule has 2 aromatic carbocycles. The van der Waals surface area contributed by atoms with Crippen LogP contribution in [0.1, 0.15) is 34.5 Å². The number of ketones is 1. The van der Waals surface area contributed by atoms with Crippen LogP contribution in [0.5, 0.6) is 0 Å². The van der Waals surface area contributed by atoms with Gasteiger partial charge >= 0.3 is 0 Å². The summed E-state index contributed by atoms with van der Waals surface area (Å²) in [6.45, 7) is 0.961. The topological polar surface area (TPSA) is 63.4 Å². The largest absolute Gasteiger partial charge is 0.356 e. The SMILES string of the molecule is O=C(CCC(=O)N1CCc2c(noc2-c2ccc(Cl)cc2)C1)c1ccc(Cl)cc1. The summed E-state index contributed by atoms with van der Waals surface area (Å²) in [7, 11) is 0. The van der Waals surface area contributed by atoms with E-state index in [9.17, 15) is 9.59 Å². The maximum absolute atomic E-state index is 12.6. The van der Waals surface area contributed by atoms with Crippen molar-refractivity contribution >= 4 is 34.9 Å². The fourth-order valence-electron chi connectivity index (χ4n) is 3.43. The van der Waals surface area contributed by atoms with E-state index < -0.39 is 0 Å². The van der Waals surface area contributed by atoms with Gasteiger partial charge in [-0.3, -0.25) is 9.59 Å². The Balaban J connectivity index is 1.38. The molecule has 1 aromatic heterocycles. The first kappa shape index (κ1) is 19.7. The van der Waals surface area contributed by atoms with Crippen LogP contribution >= 0.6 is 23.2 Å². The number of hydrogen-bond donors (Lipinski definition) is 0. The van der Waals surface area contributed by atoms with Crippen molar-refractivity contribution in [3.63, 3.8) is 0 Å². The average molecular weight is 429 g/mol. The molecule has 3 aromatic rings. The van der Waals surface area contributed by atoms with Gasteiger partial charge in [-0.15, -0.1) is 0 Å². The lowest BCUT2D eigenvalue weighted by Gasteiger charge is -2.26. The van der Waals surface area contributed by atoms with Crippen molar-refractivity contribution in [1.82, 2.24) is 10.1 Å². The number of halogens is 2. The molecule has 29 heavy (non-hydrogen) atoms. The quantitative estimate of drug-likeness (QED) is 0.524. The van der Waals surface area contributed by atoms with Crippen LogP contribution in [0.2, 0.25) is 10.0 Å². The smallest absolute Gasteiger partial charge is 0.223 e. The molecule has 4 rings (SSSR count). The number of hydrogen-bond acceptors (Lipinski definition) is 4. The second-order valence-corrected chi connectivity index (χ2v) is 7.81. The average Bonchev–Trinajstić information content (AvgIpc) is 3.16. The van der Waals surface area contributed by atoms with Gasteiger partial charge in [0.1, 0.15) is 5.69 Å². The van der Waals surface area contributed by atoms with Gasteiger partial charge in [-0.25, -0.2) is 0 Å². The van der Waals surface area contributed by atoms with Crippen molar-refractivity contribution in [2.24, 2.45) is 0 Å². The Bertz CT molecular complexity index is 1040. The van der Waals surface area contributed by atoms with E-state index in [4.69, 9.17) is 27.7 Å². The third kappa shape index (κ3) is 4.36. The lowest BCUT2D eigenvalue weighted by atomic mass is 10.00. The predicted molar refractivity (Wildman–Crippen MR) is 111 cm³/mol. The van der Waals surface area contributed by atoms with Crippen LogP contribution in [0.3, 0.4) is 0 Å². The normalized spacial score (nSPS) is 13.2. The minimum absolute atomic E-state index is 0.0611. The van der Waals surface area contributed by atoms with E-state index in [1.165, 1.54) is 0 Å². The highest BCUT2D eigenvalue weighted by Gasteiger charge is 2.27. The second kappa shape index (κ2) is 8.39. The molecule has 1 aliphatic rings. The number of nitrogens with zero attached hydrogens (tertiary/aromatic N) is 2. The molecule has 2 heterocycles. The lowest BCUT2D eigenvalue weighted by Crippen LogP contribution is -2.36. The van der Waals surface area contributed by atoms with Crippen LogP contribution in [0.25, 0.3) is 11.3 Å². The highest BCUT2D eigenvalue weighted by molar-refractivity contribution is 6.31. The Kier molecular flexibility index (Phi) is 5.69. The first-order valence-corrected chi connectivity index (χ1v) is 10.1. The summed E-state index contributed by atoms with van der Waals surface area (Å²) >= 11 is 11.8. The van der Waals surface area contributed by atoms with E-state index in [1.54, 1.807) is 29.2 Å². The van der Waals surface area contributed by atoms with Gasteiger partial charge in [0.05, 0.1) is 6.54 Å². The van der Waals surface area contributed by atoms with Crippen molar-refractivity contribution in [2.45, 2.75) is 25.8 Å². The summed E-state index contributed by atoms with van der Waals surface area (Å²) in [5.41, 5.74) is 3.26. The fourth-order valence-corrected chi connectivity index (χ4v) is 3.68. The van der Waals surface area contributed by atoms with Gasteiger partial charge in [0.15, 0.2) is 11.5 Å². The molecule has 0 radical (unpaired) electrons. The van der Waals surface area contributed by atoms with Crippen LogP contribution in [-0.2, 0) is 17.8 Å². The van der Waals surface area contributed by atoms with Crippen LogP contribution in [0.4, 0.5) is 0 Å². The highest BCUT2D eigenvalue weighted by atomic mass is 35.5. The lowest BCUT2D eigenvalue weighted by molar-refractivity contribution is -0.132. The van der Waals surface area contributed by atoms with Gasteiger partial charge < -0.3 is 9.42 Å². The first-order chi connectivity index (χ1) is 14.0. The molecule has 1 aliphatic heterocycles. The van der Waals surface area contributed by atoms with Gasteiger partial charge in [0.2, 0.25) is 5.91 Å². The summed E-state index contributed by atoms with van der Waals surface area (Å²) in [5, 5.41) is 5.39. The van der Waals surface area contributed by atoms with E-state index in [1.807, 2.05) is 24.3 Å². The van der Waals surface area contributed by atoms with Crippen molar-refractivity contribution in [3.05, 3.63) is 75.4 Å². The Hall–Kier alpha value is -2.63. The molecule has 0 unspecified atom stereocenters. The van der Waals surface area contributed by atoms with E-state index in [2.05, 4.69) is 5.16 Å². The van der Waals surface area contributed by atoms with E-state index in [0.717, 1.165) is 22.6 Å². The summed E-state index contributed by atoms with van der Waals surface area (Å²) in [6, 6.07) is 14.1. The highest BCUT2D eigenvalue weighted by Crippen LogP contribution is 2.31. The van der Waals surface area contributed by atoms with Crippen LogP contribution in [0.15, 0.2) is 53.1 Å². The summed E-state index contributed by atoms with van der Waals surface area (Å²) < 4.78 is 5.54. The fraction of sp³-hybridized carbons (Fsp3) is 0.227. The van der Waals surface area contributed by atoms with Gasteiger partial charge in [-0.05, 0) is 55.0 Å². The Labute approximate surface area is 178 Å². The van der Waals surface area contributed by atoms with E-state index >= 15 is 0 Å². The number of fused-ring (bicyclic) bond motifs is 1. The number of carbonyl (C=O) groups excluding carboxylic acids is 2. The number of carbonyl (C=O) groups is 2. The minimum atomic E-state index is -0.0702. The van der Waals surface area contributed by atoms with Crippen molar-refractivity contribution < 1.29 is 14.1 Å². The zero-order valence-corrected chi connectivity index (χ0v) is 17.0. The molecule has 7 heteroatoms. The zero-order chi connectivity index (χ0) is 20.4. The monoisotopic (exact) mass is 428 g/mol. The third-order valence-corrected chi connectivity index (χ3v) is 5.54. The molecular formula is C22H18Cl2N2O3. The van der Waals surface area contributed by atoms with Crippen LogP contribution in [-0.4, -0.2) is 28.3 Å². The molecule has 0 N–H and O–H groups in total. The Morgan fingerprint density at radius 1 is 0.966 bits per heavy atom. The van der Waals surface area contributed by atoms with Gasteiger partial charge in [0.25, 0.3) is 0 Å². The van der Waals surface area contributed by atoms with Crippen molar-refractivity contribution in [3.8, 4) is 11.3 Å². The molecule has 0 atom stereocenters. The van der Waals surface area contributed by atoms with Gasteiger partial charge in [0, 0.05) is 46.1 Å². The molecule has 0 aliphatic carbocycles. The zero-order valence-electron chi connectivity index (χ0n) is 15.5. The second-order valence-electron chi connectivity index (χ2n) is 6.94. The molecule has 0 bridgehead atoms. The molecule has 0 saturated heterocycles. The summed E-state index contributed by atoms with van der Waals surface area (Å²) in [4.78, 5) is 26.6. The Morgan fingerprint density at radius 3 is 2.31 bits per heavy atom. The molecule has 0 spiro atoms. The number of aromatic nitrogens is 1. The molecule has 0 saturated carbocycles. The summed E-state index contributed by atoms with van der Waals surface area (Å²) in [6.07, 6.45) is 0.991. The third-order valence-electron chi connectivity index (χ3n) is 5.03. The number of amides is 1. The Morgan fingerprint density at radius 2 is 1.62 bits per heavy atom. The van der Waals surface area contributed by atoms with Crippen molar-refractivity contribution in [2.75, 3.05) is 6.54 Å².